The number of nitrogens with two attached hydrogens (primary N) is 1. The number of nitrogens with one attached hydrogen (secondary N) is 1. The summed E-state index contributed by atoms with van der Waals surface area (Å²) in [6.45, 7) is -0.744. The van der Waals surface area contributed by atoms with E-state index in [1.165, 1.54) is 13.2 Å². The summed E-state index contributed by atoms with van der Waals surface area (Å²) in [5.41, 5.74) is 6.10. The summed E-state index contributed by atoms with van der Waals surface area (Å²) < 4.78 is 10.4. The minimum atomic E-state index is -0.641. The molecule has 3 N–H and O–H groups in total. The van der Waals surface area contributed by atoms with Gasteiger partial charge in [-0.15, -0.1) is 0 Å². The molecule has 0 aromatic heterocycles. The summed E-state index contributed by atoms with van der Waals surface area (Å²) >= 11 is 0.718. The van der Waals surface area contributed by atoms with E-state index in [1.807, 2.05) is 0 Å². The van der Waals surface area contributed by atoms with Crippen LogP contribution in [0.2, 0.25) is 0 Å². The van der Waals surface area contributed by atoms with Crippen LogP contribution < -0.4 is 20.5 Å². The first-order chi connectivity index (χ1) is 14.9. The van der Waals surface area contributed by atoms with Gasteiger partial charge in [0.2, 0.25) is 5.91 Å². The molecule has 1 saturated heterocycles. The van der Waals surface area contributed by atoms with Crippen LogP contribution in [0.15, 0.2) is 53.4 Å². The molecular weight excluding hydrogens is 422 g/mol. The third-order valence-corrected chi connectivity index (χ3v) is 5.03. The number of methoxy groups -OCH3 is 1. The Morgan fingerprint density at radius 2 is 1.84 bits per heavy atom. The van der Waals surface area contributed by atoms with Crippen molar-refractivity contribution in [2.45, 2.75) is 0 Å². The van der Waals surface area contributed by atoms with Gasteiger partial charge in [-0.1, -0.05) is 18.2 Å². The van der Waals surface area contributed by atoms with Crippen molar-refractivity contribution < 1.29 is 28.7 Å². The Morgan fingerprint density at radius 1 is 1.13 bits per heavy atom. The van der Waals surface area contributed by atoms with E-state index in [1.54, 1.807) is 48.5 Å². The Kier molecular flexibility index (Phi) is 6.93. The monoisotopic (exact) mass is 441 g/mol. The van der Waals surface area contributed by atoms with E-state index in [2.05, 4.69) is 5.32 Å². The number of amides is 4. The lowest BCUT2D eigenvalue weighted by molar-refractivity contribution is -0.127. The summed E-state index contributed by atoms with van der Waals surface area (Å²) in [5, 5.41) is 2.07. The van der Waals surface area contributed by atoms with Gasteiger partial charge in [0, 0.05) is 11.3 Å². The van der Waals surface area contributed by atoms with E-state index >= 15 is 0 Å². The zero-order valence-electron chi connectivity index (χ0n) is 16.5. The summed E-state index contributed by atoms with van der Waals surface area (Å²) in [4.78, 5) is 49.2. The molecule has 1 fully saturated rings. The minimum Gasteiger partial charge on any atom is -0.497 e. The molecule has 31 heavy (non-hydrogen) atoms. The second-order valence-corrected chi connectivity index (χ2v) is 7.33. The third-order valence-electron chi connectivity index (χ3n) is 4.12. The molecule has 9 nitrogen and oxygen atoms in total. The smallest absolute Gasteiger partial charge is 0.294 e. The van der Waals surface area contributed by atoms with Crippen LogP contribution in [0.5, 0.6) is 11.5 Å². The topological polar surface area (TPSA) is 128 Å². The second kappa shape index (κ2) is 9.81. The highest BCUT2D eigenvalue weighted by Gasteiger charge is 2.36. The number of primary amides is 1. The maximum absolute atomic E-state index is 12.7. The molecule has 10 heteroatoms. The highest BCUT2D eigenvalue weighted by atomic mass is 32.2. The zero-order valence-corrected chi connectivity index (χ0v) is 17.3. The number of carbonyl (C=O) groups is 4. The van der Waals surface area contributed by atoms with Crippen molar-refractivity contribution in [1.82, 2.24) is 4.90 Å². The van der Waals surface area contributed by atoms with E-state index < -0.39 is 29.5 Å². The number of hydrogen-bond acceptors (Lipinski definition) is 7. The van der Waals surface area contributed by atoms with Crippen LogP contribution in [0.1, 0.15) is 5.56 Å². The van der Waals surface area contributed by atoms with Gasteiger partial charge < -0.3 is 20.5 Å². The summed E-state index contributed by atoms with van der Waals surface area (Å²) in [6, 6.07) is 13.3. The van der Waals surface area contributed by atoms with Gasteiger partial charge in [0.05, 0.1) is 12.0 Å². The van der Waals surface area contributed by atoms with Crippen LogP contribution in [0.3, 0.4) is 0 Å². The highest BCUT2D eigenvalue weighted by Crippen LogP contribution is 2.33. The minimum absolute atomic E-state index is 0.136. The van der Waals surface area contributed by atoms with Crippen molar-refractivity contribution in [2.75, 3.05) is 25.6 Å². The van der Waals surface area contributed by atoms with Crippen molar-refractivity contribution in [3.05, 3.63) is 59.0 Å². The van der Waals surface area contributed by atoms with Crippen molar-refractivity contribution in [3.8, 4) is 11.5 Å². The molecule has 4 amide bonds. The van der Waals surface area contributed by atoms with Crippen molar-refractivity contribution >= 4 is 46.5 Å². The maximum atomic E-state index is 12.7. The SMILES string of the molecule is COc1ccc(NC(=O)CN2C(=O)S/C(=C/c3ccccc3OCC(N)=O)C2=O)cc1. The molecule has 0 radical (unpaired) electrons. The lowest BCUT2D eigenvalue weighted by Crippen LogP contribution is -2.36. The van der Waals surface area contributed by atoms with Gasteiger partial charge in [-0.3, -0.25) is 24.1 Å². The second-order valence-electron chi connectivity index (χ2n) is 6.34. The summed E-state index contributed by atoms with van der Waals surface area (Å²) in [7, 11) is 1.53. The van der Waals surface area contributed by atoms with Gasteiger partial charge in [-0.05, 0) is 48.2 Å². The number of carbonyl (C=O) groups excluding carboxylic acids is 4. The van der Waals surface area contributed by atoms with Gasteiger partial charge >= 0.3 is 0 Å². The number of hydrogen-bond donors (Lipinski definition) is 2. The van der Waals surface area contributed by atoms with E-state index in [0.29, 0.717) is 22.7 Å². The molecule has 0 spiro atoms. The van der Waals surface area contributed by atoms with E-state index in [-0.39, 0.29) is 11.5 Å². The predicted octanol–water partition coefficient (Wildman–Crippen LogP) is 2.23. The molecule has 0 aliphatic carbocycles. The lowest BCUT2D eigenvalue weighted by Gasteiger charge is -2.12. The van der Waals surface area contributed by atoms with E-state index in [4.69, 9.17) is 15.2 Å². The van der Waals surface area contributed by atoms with Crippen LogP contribution in [-0.2, 0) is 14.4 Å². The fourth-order valence-electron chi connectivity index (χ4n) is 2.68. The van der Waals surface area contributed by atoms with Gasteiger partial charge in [0.25, 0.3) is 17.1 Å². The Hall–Kier alpha value is -3.79. The molecule has 0 atom stereocenters. The maximum Gasteiger partial charge on any atom is 0.294 e. The van der Waals surface area contributed by atoms with Gasteiger partial charge in [0.15, 0.2) is 6.61 Å². The molecule has 1 aliphatic heterocycles. The van der Waals surface area contributed by atoms with Crippen LogP contribution >= 0.6 is 11.8 Å². The largest absolute Gasteiger partial charge is 0.497 e. The van der Waals surface area contributed by atoms with E-state index in [9.17, 15) is 19.2 Å². The quantitative estimate of drug-likeness (QED) is 0.601. The van der Waals surface area contributed by atoms with Crippen LogP contribution in [-0.4, -0.2) is 48.1 Å². The van der Waals surface area contributed by atoms with Crippen molar-refractivity contribution in [2.24, 2.45) is 5.73 Å². The zero-order chi connectivity index (χ0) is 22.4. The Balaban J connectivity index is 1.69. The number of imide groups is 1. The number of ether oxygens (including phenoxy) is 2. The molecule has 2 aromatic rings. The van der Waals surface area contributed by atoms with Crippen molar-refractivity contribution in [3.63, 3.8) is 0 Å². The summed E-state index contributed by atoms with van der Waals surface area (Å²) in [5.74, 6) is -0.777. The lowest BCUT2D eigenvalue weighted by atomic mass is 10.2. The summed E-state index contributed by atoms with van der Waals surface area (Å²) in [6.07, 6.45) is 1.47. The average molecular weight is 441 g/mol. The first-order valence-corrected chi connectivity index (χ1v) is 9.88. The van der Waals surface area contributed by atoms with Crippen LogP contribution in [0.4, 0.5) is 10.5 Å². The molecule has 0 bridgehead atoms. The number of anilines is 1. The Bertz CT molecular complexity index is 1050. The van der Waals surface area contributed by atoms with Crippen molar-refractivity contribution in [1.29, 1.82) is 0 Å². The Labute approximate surface area is 182 Å². The molecular formula is C21H19N3O6S. The molecule has 1 aliphatic rings. The first-order valence-electron chi connectivity index (χ1n) is 9.07. The highest BCUT2D eigenvalue weighted by molar-refractivity contribution is 8.18. The fourth-order valence-corrected chi connectivity index (χ4v) is 3.51. The molecule has 0 saturated carbocycles. The molecule has 1 heterocycles. The standard InChI is InChI=1S/C21H19N3O6S/c1-29-15-8-6-14(7-9-15)23-19(26)11-24-20(27)17(31-21(24)28)10-13-4-2-3-5-16(13)30-12-18(22)25/h2-10H,11-12H2,1H3,(H2,22,25)(H,23,26)/b17-10+. The Morgan fingerprint density at radius 3 is 2.52 bits per heavy atom. The number of thioether (sulfide) groups is 1. The number of nitrogens with zero attached hydrogens (tertiary/aromatic N) is 1. The van der Waals surface area contributed by atoms with Crippen LogP contribution in [0, 0.1) is 0 Å². The number of para-hydroxylation sites is 1. The molecule has 2 aromatic carbocycles. The molecule has 3 rings (SSSR count). The normalized spacial score (nSPS) is 14.6. The fraction of sp³-hybridized carbons (Fsp3) is 0.143. The van der Waals surface area contributed by atoms with E-state index in [0.717, 1.165) is 16.7 Å². The first kappa shape index (κ1) is 21.9. The molecule has 160 valence electrons. The predicted molar refractivity (Wildman–Crippen MR) is 115 cm³/mol. The number of rotatable bonds is 8. The third kappa shape index (κ3) is 5.64. The number of benzene rings is 2. The van der Waals surface area contributed by atoms with Gasteiger partial charge in [-0.2, -0.15) is 0 Å². The van der Waals surface area contributed by atoms with Gasteiger partial charge in [-0.25, -0.2) is 0 Å². The molecule has 0 unspecified atom stereocenters. The van der Waals surface area contributed by atoms with Crippen LogP contribution in [0.25, 0.3) is 6.08 Å². The average Bonchev–Trinajstić information content (AvgIpc) is 3.01. The van der Waals surface area contributed by atoms with Gasteiger partial charge in [0.1, 0.15) is 18.0 Å².